The number of rotatable bonds is 4. The van der Waals surface area contributed by atoms with Gasteiger partial charge in [0, 0.05) is 28.8 Å². The van der Waals surface area contributed by atoms with Gasteiger partial charge in [0.25, 0.3) is 0 Å². The highest BCUT2D eigenvalue weighted by Gasteiger charge is 2.06. The first-order valence-electron chi connectivity index (χ1n) is 5.40. The van der Waals surface area contributed by atoms with Crippen LogP contribution in [0.2, 0.25) is 5.02 Å². The van der Waals surface area contributed by atoms with Gasteiger partial charge in [0.2, 0.25) is 0 Å². The topological polar surface area (TPSA) is 34.1 Å². The monoisotopic (exact) mass is 326 g/mol. The maximum absolute atomic E-state index is 5.88. The normalized spacial score (nSPS) is 10.4. The van der Waals surface area contributed by atoms with Gasteiger partial charge in [-0.3, -0.25) is 4.98 Å². The number of halogens is 2. The van der Waals surface area contributed by atoms with Crippen molar-refractivity contribution in [3.8, 4) is 11.5 Å². The third-order valence-electron chi connectivity index (χ3n) is 2.30. The Morgan fingerprint density at radius 3 is 2.89 bits per heavy atom. The molecule has 1 aromatic heterocycles. The fourth-order valence-corrected chi connectivity index (χ4v) is 2.04. The van der Waals surface area contributed by atoms with Gasteiger partial charge in [-0.25, -0.2) is 0 Å². The number of nitrogens with one attached hydrogen (secondary N) is 1. The van der Waals surface area contributed by atoms with Gasteiger partial charge in [-0.1, -0.05) is 33.6 Å². The summed E-state index contributed by atoms with van der Waals surface area (Å²) in [5.41, 5.74) is 1.07. The lowest BCUT2D eigenvalue weighted by atomic mass is 10.2. The van der Waals surface area contributed by atoms with E-state index in [0.29, 0.717) is 10.8 Å². The first kappa shape index (κ1) is 13.3. The van der Waals surface area contributed by atoms with Crippen LogP contribution in [-0.2, 0) is 6.54 Å². The molecule has 2 aromatic rings. The zero-order valence-electron chi connectivity index (χ0n) is 9.78. The van der Waals surface area contributed by atoms with Gasteiger partial charge < -0.3 is 10.1 Å². The molecule has 0 atom stereocenters. The fourth-order valence-electron chi connectivity index (χ4n) is 1.54. The third kappa shape index (κ3) is 3.45. The number of ether oxygens (including phenoxy) is 1. The largest absolute Gasteiger partial charge is 0.455 e. The fraction of sp³-hybridized carbons (Fsp3) is 0.154. The van der Waals surface area contributed by atoms with Crippen molar-refractivity contribution in [2.45, 2.75) is 6.54 Å². The maximum atomic E-state index is 5.88. The van der Waals surface area contributed by atoms with Crippen LogP contribution in [0.15, 0.2) is 41.1 Å². The number of benzene rings is 1. The second-order valence-corrected chi connectivity index (χ2v) is 5.08. The molecule has 2 rings (SSSR count). The number of nitrogens with zero attached hydrogens (tertiary/aromatic N) is 1. The minimum Gasteiger partial charge on any atom is -0.455 e. The zero-order chi connectivity index (χ0) is 13.0. The average molecular weight is 328 g/mol. The first-order valence-corrected chi connectivity index (χ1v) is 6.57. The van der Waals surface area contributed by atoms with Crippen molar-refractivity contribution in [2.24, 2.45) is 0 Å². The van der Waals surface area contributed by atoms with Crippen LogP contribution in [-0.4, -0.2) is 12.0 Å². The van der Waals surface area contributed by atoms with Crippen molar-refractivity contribution in [3.63, 3.8) is 0 Å². The Bertz CT molecular complexity index is 548. The lowest BCUT2D eigenvalue weighted by Crippen LogP contribution is -2.06. The molecular formula is C13H12BrClN2O. The Kier molecular flexibility index (Phi) is 4.58. The molecule has 0 fully saturated rings. The SMILES string of the molecule is CNCc1ccc(Br)cc1Oc1cncc(Cl)c1. The summed E-state index contributed by atoms with van der Waals surface area (Å²) in [6.07, 6.45) is 3.21. The van der Waals surface area contributed by atoms with Crippen LogP contribution in [0.25, 0.3) is 0 Å². The molecule has 3 nitrogen and oxygen atoms in total. The van der Waals surface area contributed by atoms with E-state index < -0.39 is 0 Å². The first-order chi connectivity index (χ1) is 8.69. The molecule has 0 unspecified atom stereocenters. The molecule has 1 heterocycles. The second-order valence-electron chi connectivity index (χ2n) is 3.72. The van der Waals surface area contributed by atoms with Crippen LogP contribution < -0.4 is 10.1 Å². The highest BCUT2D eigenvalue weighted by molar-refractivity contribution is 9.10. The molecule has 0 aliphatic rings. The van der Waals surface area contributed by atoms with E-state index in [1.54, 1.807) is 18.5 Å². The van der Waals surface area contributed by atoms with Gasteiger partial charge in [-0.15, -0.1) is 0 Å². The lowest BCUT2D eigenvalue weighted by molar-refractivity contribution is 0.472. The summed E-state index contributed by atoms with van der Waals surface area (Å²) >= 11 is 9.31. The van der Waals surface area contributed by atoms with E-state index in [1.165, 1.54) is 0 Å². The van der Waals surface area contributed by atoms with Gasteiger partial charge in [0.1, 0.15) is 11.5 Å². The quantitative estimate of drug-likeness (QED) is 0.921. The number of hydrogen-bond donors (Lipinski definition) is 1. The number of pyridine rings is 1. The summed E-state index contributed by atoms with van der Waals surface area (Å²) in [5.74, 6) is 1.40. The molecule has 1 N–H and O–H groups in total. The summed E-state index contributed by atoms with van der Waals surface area (Å²) in [5, 5.41) is 3.66. The van der Waals surface area contributed by atoms with E-state index in [1.807, 2.05) is 25.2 Å². The van der Waals surface area contributed by atoms with Crippen LogP contribution >= 0.6 is 27.5 Å². The smallest absolute Gasteiger partial charge is 0.147 e. The molecule has 0 spiro atoms. The summed E-state index contributed by atoms with van der Waals surface area (Å²) in [6.45, 7) is 0.733. The average Bonchev–Trinajstić information content (AvgIpc) is 2.33. The molecule has 94 valence electrons. The standard InChI is InChI=1S/C13H12BrClN2O/c1-16-6-9-2-3-10(14)4-13(9)18-12-5-11(15)7-17-8-12/h2-5,7-8,16H,6H2,1H3. The molecule has 5 heteroatoms. The Morgan fingerprint density at radius 2 is 2.17 bits per heavy atom. The molecule has 0 saturated heterocycles. The number of hydrogen-bond acceptors (Lipinski definition) is 3. The molecule has 0 saturated carbocycles. The molecule has 0 aliphatic heterocycles. The van der Waals surface area contributed by atoms with Crippen LogP contribution in [0.3, 0.4) is 0 Å². The molecule has 0 radical (unpaired) electrons. The van der Waals surface area contributed by atoms with Gasteiger partial charge in [0.05, 0.1) is 11.2 Å². The lowest BCUT2D eigenvalue weighted by Gasteiger charge is -2.11. The van der Waals surface area contributed by atoms with Crippen LogP contribution in [0.4, 0.5) is 0 Å². The van der Waals surface area contributed by atoms with Crippen LogP contribution in [0.5, 0.6) is 11.5 Å². The zero-order valence-corrected chi connectivity index (χ0v) is 12.1. The van der Waals surface area contributed by atoms with E-state index in [2.05, 4.69) is 26.2 Å². The summed E-state index contributed by atoms with van der Waals surface area (Å²) < 4.78 is 6.77. The van der Waals surface area contributed by atoms with Crippen molar-refractivity contribution in [1.29, 1.82) is 0 Å². The summed E-state index contributed by atoms with van der Waals surface area (Å²) in [7, 11) is 1.90. The Labute approximate surface area is 119 Å². The molecule has 0 amide bonds. The summed E-state index contributed by atoms with van der Waals surface area (Å²) in [4.78, 5) is 3.99. The minimum absolute atomic E-state index is 0.553. The predicted octanol–water partition coefficient (Wildman–Crippen LogP) is 4.01. The van der Waals surface area contributed by atoms with Crippen molar-refractivity contribution in [2.75, 3.05) is 7.05 Å². The van der Waals surface area contributed by atoms with E-state index >= 15 is 0 Å². The van der Waals surface area contributed by atoms with Gasteiger partial charge in [0.15, 0.2) is 0 Å². The van der Waals surface area contributed by atoms with Gasteiger partial charge in [-0.2, -0.15) is 0 Å². The van der Waals surface area contributed by atoms with E-state index in [-0.39, 0.29) is 0 Å². The van der Waals surface area contributed by atoms with Crippen molar-refractivity contribution in [1.82, 2.24) is 10.3 Å². The molecular weight excluding hydrogens is 316 g/mol. The van der Waals surface area contributed by atoms with E-state index in [9.17, 15) is 0 Å². The number of aromatic nitrogens is 1. The van der Waals surface area contributed by atoms with E-state index in [4.69, 9.17) is 16.3 Å². The van der Waals surface area contributed by atoms with Crippen LogP contribution in [0.1, 0.15) is 5.56 Å². The highest BCUT2D eigenvalue weighted by Crippen LogP contribution is 2.29. The van der Waals surface area contributed by atoms with E-state index in [0.717, 1.165) is 22.3 Å². The second kappa shape index (κ2) is 6.18. The molecule has 0 aliphatic carbocycles. The molecule has 1 aromatic carbocycles. The maximum Gasteiger partial charge on any atom is 0.147 e. The molecule has 0 bridgehead atoms. The van der Waals surface area contributed by atoms with Crippen molar-refractivity contribution >= 4 is 27.5 Å². The third-order valence-corrected chi connectivity index (χ3v) is 3.00. The highest BCUT2D eigenvalue weighted by atomic mass is 79.9. The van der Waals surface area contributed by atoms with Crippen molar-refractivity contribution < 1.29 is 4.74 Å². The Hall–Kier alpha value is -1.10. The van der Waals surface area contributed by atoms with Gasteiger partial charge in [-0.05, 0) is 19.2 Å². The minimum atomic E-state index is 0.553. The van der Waals surface area contributed by atoms with Crippen molar-refractivity contribution in [3.05, 3.63) is 51.7 Å². The van der Waals surface area contributed by atoms with Gasteiger partial charge >= 0.3 is 0 Å². The summed E-state index contributed by atoms with van der Waals surface area (Å²) in [6, 6.07) is 7.65. The predicted molar refractivity (Wildman–Crippen MR) is 76.2 cm³/mol. The molecule has 18 heavy (non-hydrogen) atoms. The Morgan fingerprint density at radius 1 is 1.33 bits per heavy atom. The van der Waals surface area contributed by atoms with Crippen LogP contribution in [0, 0.1) is 0 Å². The Balaban J connectivity index is 2.29.